The van der Waals surface area contributed by atoms with Gasteiger partial charge in [-0.3, -0.25) is 4.98 Å². The number of nitrogens with zero attached hydrogens (tertiary/aromatic N) is 3. The van der Waals surface area contributed by atoms with Crippen LogP contribution in [0.1, 0.15) is 22.5 Å². The summed E-state index contributed by atoms with van der Waals surface area (Å²) in [4.78, 5) is 5.89. The minimum Gasteiger partial charge on any atom is -0.344 e. The molecule has 6 heteroatoms. The van der Waals surface area contributed by atoms with Crippen LogP contribution in [0.4, 0.5) is 13.2 Å². The van der Waals surface area contributed by atoms with E-state index >= 15 is 0 Å². The molecule has 136 valence electrons. The molecule has 0 fully saturated rings. The van der Waals surface area contributed by atoms with Gasteiger partial charge in [-0.05, 0) is 36.7 Å². The van der Waals surface area contributed by atoms with Gasteiger partial charge in [0.1, 0.15) is 5.69 Å². The van der Waals surface area contributed by atoms with E-state index in [-0.39, 0.29) is 0 Å². The Morgan fingerprint density at radius 3 is 2.65 bits per heavy atom. The molecule has 3 nitrogen and oxygen atoms in total. The van der Waals surface area contributed by atoms with Crippen LogP contribution in [-0.2, 0) is 32.1 Å². The second-order valence-corrected chi connectivity index (χ2v) is 6.88. The predicted molar refractivity (Wildman–Crippen MR) is 94.9 cm³/mol. The second-order valence-electron chi connectivity index (χ2n) is 6.88. The Kier molecular flexibility index (Phi) is 4.23. The number of hydrogen-bond donors (Lipinski definition) is 0. The van der Waals surface area contributed by atoms with E-state index in [1.54, 1.807) is 0 Å². The lowest BCUT2D eigenvalue weighted by atomic mass is 10.1. The quantitative estimate of drug-likeness (QED) is 0.696. The van der Waals surface area contributed by atoms with Crippen molar-refractivity contribution in [1.29, 1.82) is 0 Å². The third-order valence-corrected chi connectivity index (χ3v) is 5.09. The van der Waals surface area contributed by atoms with Gasteiger partial charge in [0, 0.05) is 48.8 Å². The zero-order valence-electron chi connectivity index (χ0n) is 14.6. The largest absolute Gasteiger partial charge is 0.433 e. The van der Waals surface area contributed by atoms with Gasteiger partial charge in [-0.25, -0.2) is 0 Å². The van der Waals surface area contributed by atoms with Crippen LogP contribution >= 0.6 is 0 Å². The molecular weight excluding hydrogens is 339 g/mol. The first-order chi connectivity index (χ1) is 12.4. The third-order valence-electron chi connectivity index (χ3n) is 5.09. The van der Waals surface area contributed by atoms with Crippen LogP contribution in [0.25, 0.3) is 10.9 Å². The van der Waals surface area contributed by atoms with Gasteiger partial charge < -0.3 is 9.47 Å². The zero-order chi connectivity index (χ0) is 18.3. The molecule has 0 spiro atoms. The van der Waals surface area contributed by atoms with Gasteiger partial charge in [0.05, 0.1) is 0 Å². The highest BCUT2D eigenvalue weighted by Crippen LogP contribution is 2.31. The lowest BCUT2D eigenvalue weighted by molar-refractivity contribution is -0.141. The molecule has 0 amide bonds. The number of pyridine rings is 1. The molecule has 26 heavy (non-hydrogen) atoms. The van der Waals surface area contributed by atoms with E-state index in [1.165, 1.54) is 34.4 Å². The predicted octanol–water partition coefficient (Wildman–Crippen LogP) is 4.29. The molecule has 3 aromatic rings. The molecule has 0 saturated carbocycles. The Morgan fingerprint density at radius 2 is 1.92 bits per heavy atom. The summed E-state index contributed by atoms with van der Waals surface area (Å²) in [6.45, 7) is 2.70. The maximum absolute atomic E-state index is 12.7. The van der Waals surface area contributed by atoms with Crippen molar-refractivity contribution in [2.75, 3.05) is 13.6 Å². The van der Waals surface area contributed by atoms with E-state index < -0.39 is 11.9 Å². The number of hydrogen-bond acceptors (Lipinski definition) is 2. The molecule has 1 aromatic carbocycles. The monoisotopic (exact) mass is 359 g/mol. The van der Waals surface area contributed by atoms with Crippen molar-refractivity contribution in [3.63, 3.8) is 0 Å². The van der Waals surface area contributed by atoms with Crippen LogP contribution in [0.2, 0.25) is 0 Å². The number of rotatable bonds is 3. The van der Waals surface area contributed by atoms with Crippen LogP contribution in [0.5, 0.6) is 0 Å². The van der Waals surface area contributed by atoms with Gasteiger partial charge in [-0.15, -0.1) is 0 Å². The maximum Gasteiger partial charge on any atom is 0.433 e. The Labute approximate surface area is 150 Å². The smallest absolute Gasteiger partial charge is 0.344 e. The molecule has 0 N–H and O–H groups in total. The fraction of sp³-hybridized carbons (Fsp3) is 0.350. The van der Waals surface area contributed by atoms with Gasteiger partial charge in [0.2, 0.25) is 0 Å². The van der Waals surface area contributed by atoms with Crippen molar-refractivity contribution in [3.05, 3.63) is 65.1 Å². The number of halogens is 3. The molecule has 0 saturated heterocycles. The fourth-order valence-corrected chi connectivity index (χ4v) is 3.77. The summed E-state index contributed by atoms with van der Waals surface area (Å²) in [6, 6.07) is 11.0. The number of aryl methyl sites for hydroxylation is 2. The average molecular weight is 359 g/mol. The van der Waals surface area contributed by atoms with Crippen molar-refractivity contribution < 1.29 is 13.2 Å². The zero-order valence-corrected chi connectivity index (χ0v) is 14.6. The standard InChI is InChI=1S/C20H20F3N3/c1-25-10-9-18-16(13-25)15-4-2-3-5-17(15)26(18)11-8-14-6-7-19(24-12-14)20(21,22)23/h2-7,12H,8-11,13H2,1H3. The van der Waals surface area contributed by atoms with E-state index in [2.05, 4.69) is 39.7 Å². The van der Waals surface area contributed by atoms with Crippen molar-refractivity contribution in [3.8, 4) is 0 Å². The van der Waals surface area contributed by atoms with E-state index in [1.807, 2.05) is 6.07 Å². The molecule has 1 aliphatic heterocycles. The van der Waals surface area contributed by atoms with Gasteiger partial charge in [-0.1, -0.05) is 24.3 Å². The molecule has 1 aliphatic rings. The molecule has 0 radical (unpaired) electrons. The Balaban J connectivity index is 1.62. The van der Waals surface area contributed by atoms with E-state index in [0.717, 1.165) is 37.7 Å². The molecule has 3 heterocycles. The summed E-state index contributed by atoms with van der Waals surface area (Å²) < 4.78 is 40.3. The van der Waals surface area contributed by atoms with Crippen molar-refractivity contribution in [1.82, 2.24) is 14.5 Å². The highest BCUT2D eigenvalue weighted by atomic mass is 19.4. The SMILES string of the molecule is CN1CCc2c(c3ccccc3n2CCc2ccc(C(F)(F)F)nc2)C1. The van der Waals surface area contributed by atoms with Crippen LogP contribution in [-0.4, -0.2) is 28.0 Å². The van der Waals surface area contributed by atoms with E-state index in [0.29, 0.717) is 6.42 Å². The lowest BCUT2D eigenvalue weighted by Gasteiger charge is -2.24. The third kappa shape index (κ3) is 3.09. The van der Waals surface area contributed by atoms with Crippen LogP contribution in [0, 0.1) is 0 Å². The van der Waals surface area contributed by atoms with E-state index in [4.69, 9.17) is 0 Å². The molecule has 4 rings (SSSR count). The number of likely N-dealkylation sites (N-methyl/N-ethyl adjacent to an activating group) is 1. The molecule has 0 unspecified atom stereocenters. The number of para-hydroxylation sites is 1. The normalized spacial score (nSPS) is 15.4. The summed E-state index contributed by atoms with van der Waals surface area (Å²) in [7, 11) is 2.13. The Morgan fingerprint density at radius 1 is 1.12 bits per heavy atom. The minimum atomic E-state index is -4.39. The summed E-state index contributed by atoms with van der Waals surface area (Å²) in [5.74, 6) is 0. The molecule has 0 aliphatic carbocycles. The Hall–Kier alpha value is -2.34. The minimum absolute atomic E-state index is 0.659. The molecular formula is C20H20F3N3. The number of fused-ring (bicyclic) bond motifs is 3. The number of aromatic nitrogens is 2. The number of alkyl halides is 3. The molecule has 0 atom stereocenters. The lowest BCUT2D eigenvalue weighted by Crippen LogP contribution is -2.27. The highest BCUT2D eigenvalue weighted by molar-refractivity contribution is 5.85. The van der Waals surface area contributed by atoms with Gasteiger partial charge in [0.15, 0.2) is 0 Å². The molecule has 0 bridgehead atoms. The Bertz CT molecular complexity index is 926. The highest BCUT2D eigenvalue weighted by Gasteiger charge is 2.32. The summed E-state index contributed by atoms with van der Waals surface area (Å²) in [5.41, 5.74) is 3.90. The first-order valence-corrected chi connectivity index (χ1v) is 8.73. The van der Waals surface area contributed by atoms with Gasteiger partial charge >= 0.3 is 6.18 Å². The van der Waals surface area contributed by atoms with Gasteiger partial charge in [-0.2, -0.15) is 13.2 Å². The van der Waals surface area contributed by atoms with Crippen LogP contribution < -0.4 is 0 Å². The van der Waals surface area contributed by atoms with Crippen molar-refractivity contribution >= 4 is 10.9 Å². The topological polar surface area (TPSA) is 21.1 Å². The fourth-order valence-electron chi connectivity index (χ4n) is 3.77. The van der Waals surface area contributed by atoms with Crippen molar-refractivity contribution in [2.45, 2.75) is 32.1 Å². The van der Waals surface area contributed by atoms with Crippen LogP contribution in [0.3, 0.4) is 0 Å². The van der Waals surface area contributed by atoms with Crippen LogP contribution in [0.15, 0.2) is 42.6 Å². The second kappa shape index (κ2) is 6.43. The summed E-state index contributed by atoms with van der Waals surface area (Å²) in [6.07, 6.45) is -1.40. The first-order valence-electron chi connectivity index (χ1n) is 8.73. The van der Waals surface area contributed by atoms with Crippen molar-refractivity contribution in [2.24, 2.45) is 0 Å². The maximum atomic E-state index is 12.7. The number of benzene rings is 1. The van der Waals surface area contributed by atoms with Gasteiger partial charge in [0.25, 0.3) is 0 Å². The molecule has 2 aromatic heterocycles. The average Bonchev–Trinajstić information content (AvgIpc) is 2.93. The summed E-state index contributed by atoms with van der Waals surface area (Å²) >= 11 is 0. The summed E-state index contributed by atoms with van der Waals surface area (Å²) in [5, 5.41) is 1.28. The first kappa shape index (κ1) is 17.1. The van der Waals surface area contributed by atoms with E-state index in [9.17, 15) is 13.2 Å².